The first-order valence-electron chi connectivity index (χ1n) is 12.6. The molecule has 0 radical (unpaired) electrons. The second kappa shape index (κ2) is 10.3. The van der Waals surface area contributed by atoms with E-state index < -0.39 is 11.9 Å². The molecule has 0 aliphatic carbocycles. The summed E-state index contributed by atoms with van der Waals surface area (Å²) in [5.74, 6) is -0.341. The zero-order valence-electron chi connectivity index (χ0n) is 21.4. The number of carboxylic acids is 1. The number of carboxylic acid groups (broad SMARTS) is 1. The van der Waals surface area contributed by atoms with Crippen LogP contribution in [0.2, 0.25) is 0 Å². The van der Waals surface area contributed by atoms with Crippen molar-refractivity contribution in [1.82, 2.24) is 19.1 Å². The van der Waals surface area contributed by atoms with Gasteiger partial charge in [-0.3, -0.25) is 4.79 Å². The van der Waals surface area contributed by atoms with Gasteiger partial charge in [0.2, 0.25) is 5.91 Å². The van der Waals surface area contributed by atoms with E-state index in [1.165, 1.54) is 0 Å². The van der Waals surface area contributed by atoms with Gasteiger partial charge in [0, 0.05) is 24.7 Å². The number of amides is 1. The number of nitrogens with two attached hydrogens (primary N) is 1. The van der Waals surface area contributed by atoms with Crippen molar-refractivity contribution in [2.24, 2.45) is 5.73 Å². The van der Waals surface area contributed by atoms with Gasteiger partial charge in [-0.15, -0.1) is 0 Å². The third kappa shape index (κ3) is 4.93. The topological polar surface area (TPSA) is 116 Å². The van der Waals surface area contributed by atoms with Crippen LogP contribution in [0.3, 0.4) is 0 Å². The summed E-state index contributed by atoms with van der Waals surface area (Å²) in [5.41, 5.74) is 13.0. The lowest BCUT2D eigenvalue weighted by Crippen LogP contribution is -2.17. The predicted octanol–water partition coefficient (Wildman–Crippen LogP) is 5.06. The van der Waals surface area contributed by atoms with Crippen LogP contribution in [0.15, 0.2) is 73.2 Å². The number of aromatic carboxylic acids is 1. The second-order valence-electron chi connectivity index (χ2n) is 9.47. The van der Waals surface area contributed by atoms with Crippen molar-refractivity contribution in [3.05, 3.63) is 95.7 Å². The third-order valence-corrected chi connectivity index (χ3v) is 6.63. The van der Waals surface area contributed by atoms with Crippen LogP contribution >= 0.6 is 0 Å². The minimum Gasteiger partial charge on any atom is -0.478 e. The number of aromatic nitrogens is 4. The zero-order valence-corrected chi connectivity index (χ0v) is 21.4. The van der Waals surface area contributed by atoms with Crippen LogP contribution in [0, 0.1) is 6.92 Å². The summed E-state index contributed by atoms with van der Waals surface area (Å²) in [6.07, 6.45) is 5.26. The van der Waals surface area contributed by atoms with Crippen molar-refractivity contribution in [2.75, 3.05) is 0 Å². The summed E-state index contributed by atoms with van der Waals surface area (Å²) >= 11 is 0. The Balaban J connectivity index is 1.52. The molecule has 2 aromatic heterocycles. The largest absolute Gasteiger partial charge is 0.478 e. The maximum Gasteiger partial charge on any atom is 0.336 e. The minimum absolute atomic E-state index is 0.0831. The van der Waals surface area contributed by atoms with E-state index in [9.17, 15) is 14.7 Å². The lowest BCUT2D eigenvalue weighted by atomic mass is 9.98. The summed E-state index contributed by atoms with van der Waals surface area (Å²) in [6.45, 7) is 4.90. The number of primary amides is 1. The Labute approximate surface area is 220 Å². The monoisotopic (exact) mass is 507 g/mol. The first kappa shape index (κ1) is 25.0. The maximum atomic E-state index is 11.7. The normalized spacial score (nSPS) is 11.2. The van der Waals surface area contributed by atoms with Crippen LogP contribution in [-0.4, -0.2) is 36.1 Å². The number of aryl methyl sites for hydroxylation is 2. The molecule has 1 amide bonds. The molecule has 192 valence electrons. The van der Waals surface area contributed by atoms with E-state index >= 15 is 0 Å². The molecule has 8 nitrogen and oxygen atoms in total. The molecule has 0 atom stereocenters. The van der Waals surface area contributed by atoms with Crippen LogP contribution in [0.4, 0.5) is 0 Å². The van der Waals surface area contributed by atoms with Gasteiger partial charge in [0.05, 0.1) is 28.6 Å². The number of hydrogen-bond donors (Lipinski definition) is 2. The van der Waals surface area contributed by atoms with E-state index in [2.05, 4.69) is 28.6 Å². The summed E-state index contributed by atoms with van der Waals surface area (Å²) < 4.78 is 3.93. The molecule has 0 spiro atoms. The third-order valence-electron chi connectivity index (χ3n) is 6.63. The number of rotatable bonds is 9. The van der Waals surface area contributed by atoms with Gasteiger partial charge in [-0.05, 0) is 53.8 Å². The molecule has 0 saturated carbocycles. The molecule has 0 unspecified atom stereocenters. The predicted molar refractivity (Wildman–Crippen MR) is 147 cm³/mol. The molecule has 0 saturated heterocycles. The Morgan fingerprint density at radius 1 is 1.03 bits per heavy atom. The highest BCUT2D eigenvalue weighted by Crippen LogP contribution is 2.29. The molecule has 5 rings (SSSR count). The molecule has 3 aromatic carbocycles. The van der Waals surface area contributed by atoms with Gasteiger partial charge in [0.15, 0.2) is 0 Å². The van der Waals surface area contributed by atoms with E-state index in [1.54, 1.807) is 23.0 Å². The summed E-state index contributed by atoms with van der Waals surface area (Å²) in [7, 11) is 0. The highest BCUT2D eigenvalue weighted by atomic mass is 16.4. The molecule has 0 aliphatic rings. The molecule has 38 heavy (non-hydrogen) atoms. The van der Waals surface area contributed by atoms with E-state index in [4.69, 9.17) is 10.7 Å². The number of hydrogen-bond acceptors (Lipinski definition) is 4. The number of carbonyl (C=O) groups is 2. The van der Waals surface area contributed by atoms with Crippen LogP contribution in [0.25, 0.3) is 33.4 Å². The summed E-state index contributed by atoms with van der Waals surface area (Å²) in [5, 5.41) is 9.56. The number of fused-ring (bicyclic) bond motifs is 1. The first-order valence-corrected chi connectivity index (χ1v) is 12.6. The van der Waals surface area contributed by atoms with E-state index in [1.807, 2.05) is 49.5 Å². The van der Waals surface area contributed by atoms with Gasteiger partial charge in [0.1, 0.15) is 12.4 Å². The molecular formula is C30H29N5O3. The van der Waals surface area contributed by atoms with Crippen molar-refractivity contribution in [3.63, 3.8) is 0 Å². The lowest BCUT2D eigenvalue weighted by molar-refractivity contribution is -0.118. The van der Waals surface area contributed by atoms with E-state index in [0.29, 0.717) is 12.1 Å². The quantitative estimate of drug-likeness (QED) is 0.289. The molecular weight excluding hydrogens is 478 g/mol. The SMILES string of the molecule is CCCc1nc2c(C)cc(-c3cn(CC(N)=O)cn3)cc2n1Cc1ccc(-c2ccccc2C(=O)O)cc1. The van der Waals surface area contributed by atoms with Crippen molar-refractivity contribution >= 4 is 22.9 Å². The van der Waals surface area contributed by atoms with E-state index in [-0.39, 0.29) is 12.1 Å². The minimum atomic E-state index is -0.940. The molecule has 3 N–H and O–H groups in total. The van der Waals surface area contributed by atoms with Crippen molar-refractivity contribution < 1.29 is 14.7 Å². The smallest absolute Gasteiger partial charge is 0.336 e. The fourth-order valence-electron chi connectivity index (χ4n) is 4.85. The standard InChI is InChI=1S/C30H29N5O3/c1-3-6-28-33-29-19(2)13-22(25-16-34(18-32-25)17-27(31)36)14-26(29)35(28)15-20-9-11-21(12-10-20)23-7-4-5-8-24(23)30(37)38/h4-5,7-14,16,18H,3,6,15,17H2,1-2H3,(H2,31,36)(H,37,38). The van der Waals surface area contributed by atoms with Gasteiger partial charge < -0.3 is 20.0 Å². The highest BCUT2D eigenvalue weighted by Gasteiger charge is 2.16. The van der Waals surface area contributed by atoms with Crippen LogP contribution in [-0.2, 0) is 24.3 Å². The lowest BCUT2D eigenvalue weighted by Gasteiger charge is -2.12. The number of carbonyl (C=O) groups excluding carboxylic acids is 1. The van der Waals surface area contributed by atoms with E-state index in [0.717, 1.165) is 57.6 Å². The van der Waals surface area contributed by atoms with Crippen LogP contribution in [0.5, 0.6) is 0 Å². The first-order chi connectivity index (χ1) is 18.3. The van der Waals surface area contributed by atoms with Gasteiger partial charge in [-0.2, -0.15) is 0 Å². The average Bonchev–Trinajstić information content (AvgIpc) is 3.49. The number of imidazole rings is 2. The fraction of sp³-hybridized carbons (Fsp3) is 0.200. The van der Waals surface area contributed by atoms with Crippen LogP contribution < -0.4 is 5.73 Å². The second-order valence-corrected chi connectivity index (χ2v) is 9.47. The Hall–Kier alpha value is -4.72. The van der Waals surface area contributed by atoms with Crippen LogP contribution in [0.1, 0.15) is 40.7 Å². The van der Waals surface area contributed by atoms with Crippen molar-refractivity contribution in [3.8, 4) is 22.4 Å². The average molecular weight is 508 g/mol. The maximum absolute atomic E-state index is 11.7. The highest BCUT2D eigenvalue weighted by molar-refractivity contribution is 5.96. The van der Waals surface area contributed by atoms with Gasteiger partial charge in [-0.25, -0.2) is 14.8 Å². The Bertz CT molecular complexity index is 1650. The molecule has 0 fully saturated rings. The fourth-order valence-corrected chi connectivity index (χ4v) is 4.85. The molecule has 8 heteroatoms. The molecule has 2 heterocycles. The van der Waals surface area contributed by atoms with Gasteiger partial charge in [-0.1, -0.05) is 49.4 Å². The summed E-state index contributed by atoms with van der Waals surface area (Å²) in [6, 6.07) is 19.2. The van der Waals surface area contributed by atoms with Gasteiger partial charge in [0.25, 0.3) is 0 Å². The molecule has 0 aliphatic heterocycles. The molecule has 0 bridgehead atoms. The number of benzene rings is 3. The Morgan fingerprint density at radius 3 is 2.50 bits per heavy atom. The Morgan fingerprint density at radius 2 is 1.79 bits per heavy atom. The number of nitrogens with zero attached hydrogens (tertiary/aromatic N) is 4. The van der Waals surface area contributed by atoms with Crippen molar-refractivity contribution in [2.45, 2.75) is 39.8 Å². The Kier molecular flexibility index (Phi) is 6.79. The van der Waals surface area contributed by atoms with Crippen molar-refractivity contribution in [1.29, 1.82) is 0 Å². The molecule has 5 aromatic rings. The summed E-state index contributed by atoms with van der Waals surface area (Å²) in [4.78, 5) is 32.4. The zero-order chi connectivity index (χ0) is 26.8. The van der Waals surface area contributed by atoms with Gasteiger partial charge >= 0.3 is 5.97 Å².